The van der Waals surface area contributed by atoms with Gasteiger partial charge in [0, 0.05) is 29.1 Å². The fourth-order valence-electron chi connectivity index (χ4n) is 1.56. The number of amides is 1. The maximum atomic E-state index is 11.9. The SMILES string of the molecule is Cc1c(C(=O)NCCOCCBr)cccc1[N+](=O)[O-]. The lowest BCUT2D eigenvalue weighted by Gasteiger charge is -2.08. The molecule has 7 heteroatoms. The number of halogens is 1. The van der Waals surface area contributed by atoms with Crippen LogP contribution in [0.1, 0.15) is 15.9 Å². The molecule has 1 N–H and O–H groups in total. The van der Waals surface area contributed by atoms with E-state index in [0.717, 1.165) is 5.33 Å². The summed E-state index contributed by atoms with van der Waals surface area (Å²) in [7, 11) is 0. The molecule has 1 rings (SSSR count). The Bertz CT molecular complexity index is 465. The summed E-state index contributed by atoms with van der Waals surface area (Å²) in [5.41, 5.74) is 0.629. The number of nitro benzene ring substituents is 1. The Kier molecular flexibility index (Phi) is 6.44. The maximum absolute atomic E-state index is 11.9. The largest absolute Gasteiger partial charge is 0.379 e. The minimum Gasteiger partial charge on any atom is -0.379 e. The number of ether oxygens (including phenoxy) is 1. The van der Waals surface area contributed by atoms with Gasteiger partial charge in [-0.3, -0.25) is 14.9 Å². The molecule has 0 radical (unpaired) electrons. The summed E-state index contributed by atoms with van der Waals surface area (Å²) in [5, 5.41) is 14.2. The van der Waals surface area contributed by atoms with Crippen molar-refractivity contribution in [1.29, 1.82) is 0 Å². The zero-order valence-electron chi connectivity index (χ0n) is 10.5. The molecule has 0 heterocycles. The van der Waals surface area contributed by atoms with Gasteiger partial charge < -0.3 is 10.1 Å². The van der Waals surface area contributed by atoms with E-state index < -0.39 is 4.92 Å². The van der Waals surface area contributed by atoms with E-state index in [9.17, 15) is 14.9 Å². The molecular formula is C12H15BrN2O4. The average Bonchev–Trinajstić information content (AvgIpc) is 2.38. The molecule has 0 saturated carbocycles. The van der Waals surface area contributed by atoms with Crippen molar-refractivity contribution in [3.8, 4) is 0 Å². The van der Waals surface area contributed by atoms with Crippen LogP contribution in [0, 0.1) is 17.0 Å². The predicted octanol–water partition coefficient (Wildman–Crippen LogP) is 2.04. The predicted molar refractivity (Wildman–Crippen MR) is 74.8 cm³/mol. The number of carbonyl (C=O) groups is 1. The second-order valence-electron chi connectivity index (χ2n) is 3.76. The van der Waals surface area contributed by atoms with Crippen LogP contribution in [0.15, 0.2) is 18.2 Å². The molecule has 0 aliphatic heterocycles. The molecule has 0 fully saturated rings. The maximum Gasteiger partial charge on any atom is 0.273 e. The first-order chi connectivity index (χ1) is 9.07. The van der Waals surface area contributed by atoms with Gasteiger partial charge in [-0.05, 0) is 13.0 Å². The molecule has 1 amide bonds. The molecule has 1 aromatic rings. The van der Waals surface area contributed by atoms with Crippen molar-refractivity contribution in [2.75, 3.05) is 25.1 Å². The third kappa shape index (κ3) is 4.60. The summed E-state index contributed by atoms with van der Waals surface area (Å²) in [6, 6.07) is 4.45. The Morgan fingerprint density at radius 1 is 1.47 bits per heavy atom. The van der Waals surface area contributed by atoms with Gasteiger partial charge >= 0.3 is 0 Å². The third-order valence-electron chi connectivity index (χ3n) is 2.50. The molecule has 0 bridgehead atoms. The number of nitrogens with zero attached hydrogens (tertiary/aromatic N) is 1. The van der Waals surface area contributed by atoms with Gasteiger partial charge in [-0.1, -0.05) is 22.0 Å². The van der Waals surface area contributed by atoms with Crippen molar-refractivity contribution in [2.24, 2.45) is 0 Å². The van der Waals surface area contributed by atoms with E-state index in [0.29, 0.717) is 30.9 Å². The van der Waals surface area contributed by atoms with Crippen molar-refractivity contribution in [2.45, 2.75) is 6.92 Å². The fourth-order valence-corrected chi connectivity index (χ4v) is 1.78. The number of hydrogen-bond acceptors (Lipinski definition) is 4. The first-order valence-corrected chi connectivity index (χ1v) is 6.86. The highest BCUT2D eigenvalue weighted by Crippen LogP contribution is 2.20. The lowest BCUT2D eigenvalue weighted by molar-refractivity contribution is -0.385. The minimum absolute atomic E-state index is 0.0526. The highest BCUT2D eigenvalue weighted by Gasteiger charge is 2.17. The number of carbonyl (C=O) groups excluding carboxylic acids is 1. The molecule has 0 aromatic heterocycles. The van der Waals surface area contributed by atoms with Gasteiger partial charge in [0.05, 0.1) is 18.1 Å². The van der Waals surface area contributed by atoms with Gasteiger partial charge in [-0.2, -0.15) is 0 Å². The second-order valence-corrected chi connectivity index (χ2v) is 4.56. The van der Waals surface area contributed by atoms with Gasteiger partial charge in [0.25, 0.3) is 11.6 Å². The van der Waals surface area contributed by atoms with Crippen LogP contribution in [-0.4, -0.2) is 35.9 Å². The van der Waals surface area contributed by atoms with E-state index in [2.05, 4.69) is 21.2 Å². The third-order valence-corrected chi connectivity index (χ3v) is 2.82. The minimum atomic E-state index is -0.495. The van der Waals surface area contributed by atoms with Gasteiger partial charge in [-0.15, -0.1) is 0 Å². The topological polar surface area (TPSA) is 81.5 Å². The van der Waals surface area contributed by atoms with Gasteiger partial charge in [0.15, 0.2) is 0 Å². The first kappa shape index (κ1) is 15.6. The number of nitro groups is 1. The monoisotopic (exact) mass is 330 g/mol. The molecule has 104 valence electrons. The Balaban J connectivity index is 2.62. The van der Waals surface area contributed by atoms with Gasteiger partial charge in [0.2, 0.25) is 0 Å². The standard InChI is InChI=1S/C12H15BrN2O4/c1-9-10(3-2-4-11(9)15(17)18)12(16)14-6-8-19-7-5-13/h2-4H,5-8H2,1H3,(H,14,16). The number of hydrogen-bond donors (Lipinski definition) is 1. The van der Waals surface area contributed by atoms with Crippen LogP contribution in [0.2, 0.25) is 0 Å². The Hall–Kier alpha value is -1.47. The van der Waals surface area contributed by atoms with Crippen molar-refractivity contribution < 1.29 is 14.5 Å². The Morgan fingerprint density at radius 3 is 2.84 bits per heavy atom. The number of rotatable bonds is 7. The highest BCUT2D eigenvalue weighted by atomic mass is 79.9. The van der Waals surface area contributed by atoms with Crippen LogP contribution in [0.4, 0.5) is 5.69 Å². The van der Waals surface area contributed by atoms with E-state index in [1.54, 1.807) is 13.0 Å². The van der Waals surface area contributed by atoms with Crippen molar-refractivity contribution >= 4 is 27.5 Å². The van der Waals surface area contributed by atoms with Crippen LogP contribution in [-0.2, 0) is 4.74 Å². The Morgan fingerprint density at radius 2 is 2.21 bits per heavy atom. The molecule has 0 saturated heterocycles. The molecule has 0 aliphatic rings. The van der Waals surface area contributed by atoms with E-state index >= 15 is 0 Å². The summed E-state index contributed by atoms with van der Waals surface area (Å²) in [6.45, 7) is 2.92. The molecule has 0 unspecified atom stereocenters. The molecular weight excluding hydrogens is 316 g/mol. The summed E-state index contributed by atoms with van der Waals surface area (Å²) >= 11 is 3.22. The summed E-state index contributed by atoms with van der Waals surface area (Å²) < 4.78 is 5.19. The fraction of sp³-hybridized carbons (Fsp3) is 0.417. The zero-order chi connectivity index (χ0) is 14.3. The van der Waals surface area contributed by atoms with Gasteiger partial charge in [-0.25, -0.2) is 0 Å². The quantitative estimate of drug-likeness (QED) is 0.359. The van der Waals surface area contributed by atoms with Crippen LogP contribution in [0.3, 0.4) is 0 Å². The lowest BCUT2D eigenvalue weighted by Crippen LogP contribution is -2.28. The molecule has 19 heavy (non-hydrogen) atoms. The highest BCUT2D eigenvalue weighted by molar-refractivity contribution is 9.09. The molecule has 6 nitrogen and oxygen atoms in total. The van der Waals surface area contributed by atoms with E-state index in [1.807, 2.05) is 0 Å². The molecule has 0 atom stereocenters. The zero-order valence-corrected chi connectivity index (χ0v) is 12.1. The van der Waals surface area contributed by atoms with Crippen LogP contribution < -0.4 is 5.32 Å². The molecule has 0 aliphatic carbocycles. The molecule has 1 aromatic carbocycles. The van der Waals surface area contributed by atoms with Crippen molar-refractivity contribution in [1.82, 2.24) is 5.32 Å². The van der Waals surface area contributed by atoms with E-state index in [-0.39, 0.29) is 11.6 Å². The normalized spacial score (nSPS) is 10.2. The van der Waals surface area contributed by atoms with E-state index in [4.69, 9.17) is 4.74 Å². The first-order valence-electron chi connectivity index (χ1n) is 5.74. The molecule has 0 spiro atoms. The average molecular weight is 331 g/mol. The smallest absolute Gasteiger partial charge is 0.273 e. The lowest BCUT2D eigenvalue weighted by atomic mass is 10.1. The van der Waals surface area contributed by atoms with E-state index in [1.165, 1.54) is 12.1 Å². The summed E-state index contributed by atoms with van der Waals surface area (Å²) in [4.78, 5) is 22.2. The second kappa shape index (κ2) is 7.85. The number of nitrogens with one attached hydrogen (secondary N) is 1. The van der Waals surface area contributed by atoms with Crippen molar-refractivity contribution in [3.63, 3.8) is 0 Å². The van der Waals surface area contributed by atoms with Crippen molar-refractivity contribution in [3.05, 3.63) is 39.4 Å². The van der Waals surface area contributed by atoms with Gasteiger partial charge in [0.1, 0.15) is 0 Å². The number of alkyl halides is 1. The van der Waals surface area contributed by atoms with Crippen LogP contribution in [0.25, 0.3) is 0 Å². The van der Waals surface area contributed by atoms with Crippen LogP contribution in [0.5, 0.6) is 0 Å². The van der Waals surface area contributed by atoms with Crippen LogP contribution >= 0.6 is 15.9 Å². The summed E-state index contributed by atoms with van der Waals surface area (Å²) in [6.07, 6.45) is 0. The number of benzene rings is 1. The Labute approximate surface area is 119 Å². The summed E-state index contributed by atoms with van der Waals surface area (Å²) in [5.74, 6) is -0.330.